The summed E-state index contributed by atoms with van der Waals surface area (Å²) in [5, 5.41) is 13.9. The summed E-state index contributed by atoms with van der Waals surface area (Å²) in [6.45, 7) is 5.34. The van der Waals surface area contributed by atoms with Crippen molar-refractivity contribution in [3.05, 3.63) is 63.7 Å². The normalized spacial score (nSPS) is 11.0. The van der Waals surface area contributed by atoms with Gasteiger partial charge in [-0.1, -0.05) is 19.9 Å². The van der Waals surface area contributed by atoms with Crippen LogP contribution in [0.2, 0.25) is 0 Å². The molecule has 0 spiro atoms. The van der Waals surface area contributed by atoms with Gasteiger partial charge in [-0.25, -0.2) is 0 Å². The van der Waals surface area contributed by atoms with Gasteiger partial charge in [0.2, 0.25) is 5.82 Å². The minimum atomic E-state index is -0.800. The molecule has 6 heteroatoms. The Labute approximate surface area is 122 Å². The van der Waals surface area contributed by atoms with Gasteiger partial charge in [-0.05, 0) is 23.8 Å². The molecule has 2 rings (SSSR count). The summed E-state index contributed by atoms with van der Waals surface area (Å²) in [5.41, 5.74) is 1.29. The van der Waals surface area contributed by atoms with Gasteiger partial charge in [0.25, 0.3) is 0 Å². The van der Waals surface area contributed by atoms with E-state index in [-0.39, 0.29) is 0 Å². The van der Waals surface area contributed by atoms with Crippen LogP contribution in [0.3, 0.4) is 0 Å². The zero-order valence-corrected chi connectivity index (χ0v) is 12.0. The number of nitro groups is 1. The monoisotopic (exact) mass is 291 g/mol. The van der Waals surface area contributed by atoms with Crippen LogP contribution in [0.4, 0.5) is 10.1 Å². The zero-order chi connectivity index (χ0) is 15.4. The first kappa shape index (κ1) is 15.2. The first-order chi connectivity index (χ1) is 9.97. The van der Waals surface area contributed by atoms with Crippen molar-refractivity contribution in [2.24, 2.45) is 0 Å². The molecule has 0 unspecified atom stereocenters. The Balaban J connectivity index is 2.13. The lowest BCUT2D eigenvalue weighted by molar-refractivity contribution is -0.387. The minimum absolute atomic E-state index is 0.380. The average molecular weight is 291 g/mol. The van der Waals surface area contributed by atoms with Gasteiger partial charge >= 0.3 is 5.69 Å². The fourth-order valence-corrected chi connectivity index (χ4v) is 2.07. The highest BCUT2D eigenvalue weighted by Crippen LogP contribution is 2.19. The Morgan fingerprint density at radius 3 is 2.76 bits per heavy atom. The van der Waals surface area contributed by atoms with Gasteiger partial charge < -0.3 is 9.88 Å². The Kier molecular flexibility index (Phi) is 4.70. The van der Waals surface area contributed by atoms with E-state index in [1.807, 2.05) is 22.9 Å². The van der Waals surface area contributed by atoms with Gasteiger partial charge in [0, 0.05) is 37.1 Å². The number of nitrogens with one attached hydrogen (secondary N) is 1. The Morgan fingerprint density at radius 2 is 2.14 bits per heavy atom. The molecule has 0 aliphatic heterocycles. The molecule has 0 fully saturated rings. The predicted molar refractivity (Wildman–Crippen MR) is 78.6 cm³/mol. The van der Waals surface area contributed by atoms with E-state index in [9.17, 15) is 14.5 Å². The molecular formula is C15H18FN3O2. The number of nitrogens with zero attached hydrogens (tertiary/aromatic N) is 2. The quantitative estimate of drug-likeness (QED) is 0.657. The smallest absolute Gasteiger partial charge is 0.304 e. The molecule has 0 atom stereocenters. The van der Waals surface area contributed by atoms with Crippen LogP contribution in [0.1, 0.15) is 25.1 Å². The maximum absolute atomic E-state index is 13.6. The Bertz CT molecular complexity index is 638. The number of hydrogen-bond donors (Lipinski definition) is 1. The number of nitro benzene ring substituents is 1. The summed E-state index contributed by atoms with van der Waals surface area (Å²) in [6, 6.07) is 8.32. The van der Waals surface area contributed by atoms with Gasteiger partial charge in [0.1, 0.15) is 0 Å². The molecule has 21 heavy (non-hydrogen) atoms. The number of hydrogen-bond acceptors (Lipinski definition) is 3. The van der Waals surface area contributed by atoms with Crippen LogP contribution in [0.25, 0.3) is 0 Å². The highest BCUT2D eigenvalue weighted by Gasteiger charge is 2.14. The molecule has 2 aromatic rings. The van der Waals surface area contributed by atoms with Gasteiger partial charge in [0.15, 0.2) is 0 Å². The first-order valence-corrected chi connectivity index (χ1v) is 6.77. The number of aromatic nitrogens is 1. The van der Waals surface area contributed by atoms with Crippen LogP contribution in [-0.4, -0.2) is 15.5 Å². The van der Waals surface area contributed by atoms with Gasteiger partial charge in [0.05, 0.1) is 4.92 Å². The van der Waals surface area contributed by atoms with Crippen LogP contribution in [0, 0.1) is 15.9 Å². The fraction of sp³-hybridized carbons (Fsp3) is 0.333. The van der Waals surface area contributed by atoms with Crippen LogP contribution in [0.5, 0.6) is 0 Å². The second-order valence-corrected chi connectivity index (χ2v) is 5.21. The second-order valence-electron chi connectivity index (χ2n) is 5.21. The summed E-state index contributed by atoms with van der Waals surface area (Å²) in [4.78, 5) is 9.89. The van der Waals surface area contributed by atoms with Crippen LogP contribution in [-0.2, 0) is 13.1 Å². The highest BCUT2D eigenvalue weighted by molar-refractivity contribution is 5.35. The maximum Gasteiger partial charge on any atom is 0.304 e. The first-order valence-electron chi connectivity index (χ1n) is 6.77. The molecule has 0 saturated carbocycles. The summed E-state index contributed by atoms with van der Waals surface area (Å²) in [7, 11) is 0. The average Bonchev–Trinajstić information content (AvgIpc) is 2.83. The molecule has 112 valence electrons. The lowest BCUT2D eigenvalue weighted by Crippen LogP contribution is -2.23. The zero-order valence-electron chi connectivity index (χ0n) is 12.0. The van der Waals surface area contributed by atoms with Crippen molar-refractivity contribution in [2.75, 3.05) is 0 Å². The topological polar surface area (TPSA) is 60.1 Å². The van der Waals surface area contributed by atoms with E-state index in [2.05, 4.69) is 19.2 Å². The van der Waals surface area contributed by atoms with Crippen molar-refractivity contribution in [3.63, 3.8) is 0 Å². The highest BCUT2D eigenvalue weighted by atomic mass is 19.1. The Hall–Kier alpha value is -2.21. The van der Waals surface area contributed by atoms with E-state index in [0.29, 0.717) is 18.2 Å². The molecule has 0 bridgehead atoms. The van der Waals surface area contributed by atoms with Crippen molar-refractivity contribution in [3.8, 4) is 0 Å². The molecule has 1 heterocycles. The van der Waals surface area contributed by atoms with E-state index in [1.54, 1.807) is 6.07 Å². The third kappa shape index (κ3) is 3.88. The van der Waals surface area contributed by atoms with E-state index in [4.69, 9.17) is 0 Å². The molecule has 0 aliphatic rings. The molecule has 0 radical (unpaired) electrons. The van der Waals surface area contributed by atoms with E-state index < -0.39 is 16.4 Å². The lowest BCUT2D eigenvalue weighted by atomic mass is 10.2. The van der Waals surface area contributed by atoms with E-state index in [0.717, 1.165) is 12.2 Å². The van der Waals surface area contributed by atoms with Gasteiger partial charge in [-0.2, -0.15) is 4.39 Å². The SMILES string of the molecule is CC(C)NCc1cccn1Cc1ccc([N+](=O)[O-])c(F)c1. The largest absolute Gasteiger partial charge is 0.346 e. The van der Waals surface area contributed by atoms with Crippen molar-refractivity contribution < 1.29 is 9.31 Å². The predicted octanol–water partition coefficient (Wildman–Crippen LogP) is 3.08. The van der Waals surface area contributed by atoms with Crippen LogP contribution >= 0.6 is 0 Å². The van der Waals surface area contributed by atoms with Crippen molar-refractivity contribution in [1.82, 2.24) is 9.88 Å². The van der Waals surface area contributed by atoms with Gasteiger partial charge in [-0.3, -0.25) is 10.1 Å². The molecule has 1 N–H and O–H groups in total. The molecule has 0 amide bonds. The third-order valence-electron chi connectivity index (χ3n) is 3.18. The third-order valence-corrected chi connectivity index (χ3v) is 3.18. The van der Waals surface area contributed by atoms with Crippen molar-refractivity contribution in [2.45, 2.75) is 33.0 Å². The Morgan fingerprint density at radius 1 is 1.38 bits per heavy atom. The lowest BCUT2D eigenvalue weighted by Gasteiger charge is -2.12. The maximum atomic E-state index is 13.6. The standard InChI is InChI=1S/C15H18FN3O2/c1-11(2)17-9-13-4-3-7-18(13)10-12-5-6-15(19(20)21)14(16)8-12/h3-8,11,17H,9-10H2,1-2H3. The number of rotatable bonds is 6. The summed E-state index contributed by atoms with van der Waals surface area (Å²) >= 11 is 0. The minimum Gasteiger partial charge on any atom is -0.346 e. The van der Waals surface area contributed by atoms with E-state index in [1.165, 1.54) is 12.1 Å². The number of benzene rings is 1. The molecule has 0 aliphatic carbocycles. The second kappa shape index (κ2) is 6.49. The van der Waals surface area contributed by atoms with Gasteiger partial charge in [-0.15, -0.1) is 0 Å². The van der Waals surface area contributed by atoms with Crippen molar-refractivity contribution >= 4 is 5.69 Å². The van der Waals surface area contributed by atoms with Crippen LogP contribution in [0.15, 0.2) is 36.5 Å². The molecule has 1 aromatic carbocycles. The summed E-state index contributed by atoms with van der Waals surface area (Å²) < 4.78 is 15.6. The van der Waals surface area contributed by atoms with Crippen LogP contribution < -0.4 is 5.32 Å². The molecular weight excluding hydrogens is 273 g/mol. The van der Waals surface area contributed by atoms with E-state index >= 15 is 0 Å². The molecule has 5 nitrogen and oxygen atoms in total. The number of halogens is 1. The molecule has 0 saturated heterocycles. The fourth-order valence-electron chi connectivity index (χ4n) is 2.07. The van der Waals surface area contributed by atoms with Crippen molar-refractivity contribution in [1.29, 1.82) is 0 Å². The molecule has 1 aromatic heterocycles. The summed E-state index contributed by atoms with van der Waals surface area (Å²) in [6.07, 6.45) is 1.91. The summed E-state index contributed by atoms with van der Waals surface area (Å²) in [5.74, 6) is -0.800.